The van der Waals surface area contributed by atoms with Crippen molar-refractivity contribution in [1.29, 1.82) is 0 Å². The number of anilines is 1. The number of likely N-dealkylation sites (tertiary alicyclic amines) is 1. The second kappa shape index (κ2) is 7.15. The third-order valence-electron chi connectivity index (χ3n) is 4.62. The average Bonchev–Trinajstić information content (AvgIpc) is 2.59. The maximum Gasteiger partial charge on any atom is 0.410 e. The fourth-order valence-corrected chi connectivity index (χ4v) is 3.46. The molecular formula is C18H29N5O2. The summed E-state index contributed by atoms with van der Waals surface area (Å²) in [7, 11) is 1.88. The molecule has 7 nitrogen and oxygen atoms in total. The molecule has 3 rings (SSSR count). The highest BCUT2D eigenvalue weighted by Crippen LogP contribution is 2.32. The van der Waals surface area contributed by atoms with Gasteiger partial charge in [-0.25, -0.2) is 14.8 Å². The minimum absolute atomic E-state index is 0.115. The van der Waals surface area contributed by atoms with Crippen LogP contribution in [0.15, 0.2) is 0 Å². The van der Waals surface area contributed by atoms with Gasteiger partial charge in [0.1, 0.15) is 11.4 Å². The lowest BCUT2D eigenvalue weighted by atomic mass is 10.0. The summed E-state index contributed by atoms with van der Waals surface area (Å²) in [5.74, 6) is 1.59. The molecule has 2 aliphatic heterocycles. The Labute approximate surface area is 149 Å². The van der Waals surface area contributed by atoms with Gasteiger partial charge < -0.3 is 15.4 Å². The smallest absolute Gasteiger partial charge is 0.410 e. The number of hydrogen-bond acceptors (Lipinski definition) is 6. The summed E-state index contributed by atoms with van der Waals surface area (Å²) in [5.41, 5.74) is 1.72. The van der Waals surface area contributed by atoms with Gasteiger partial charge in [-0.1, -0.05) is 0 Å². The van der Waals surface area contributed by atoms with Crippen LogP contribution in [-0.2, 0) is 17.7 Å². The molecule has 0 bridgehead atoms. The summed E-state index contributed by atoms with van der Waals surface area (Å²) in [6.45, 7) is 8.08. The number of amides is 1. The maximum atomic E-state index is 12.7. The van der Waals surface area contributed by atoms with E-state index >= 15 is 0 Å². The van der Waals surface area contributed by atoms with Crippen LogP contribution in [0.25, 0.3) is 0 Å². The highest BCUT2D eigenvalue weighted by Gasteiger charge is 2.34. The SMILES string of the molecule is CNc1nc(C2CCCCN2C(=O)OC(C)(C)C)nc2c1CNCC2. The largest absolute Gasteiger partial charge is 0.444 e. The van der Waals surface area contributed by atoms with Gasteiger partial charge in [0.15, 0.2) is 5.82 Å². The van der Waals surface area contributed by atoms with Gasteiger partial charge in [-0.2, -0.15) is 0 Å². The molecule has 1 atom stereocenters. The first-order chi connectivity index (χ1) is 11.9. The molecule has 0 saturated carbocycles. The molecule has 1 fully saturated rings. The predicted molar refractivity (Wildman–Crippen MR) is 96.5 cm³/mol. The van der Waals surface area contributed by atoms with Gasteiger partial charge in [0.2, 0.25) is 0 Å². The number of carbonyl (C=O) groups excluding carboxylic acids is 1. The molecule has 1 unspecified atom stereocenters. The third-order valence-corrected chi connectivity index (χ3v) is 4.62. The van der Waals surface area contributed by atoms with E-state index in [1.54, 1.807) is 4.90 Å². The maximum absolute atomic E-state index is 12.7. The van der Waals surface area contributed by atoms with Crippen molar-refractivity contribution in [3.05, 3.63) is 17.1 Å². The van der Waals surface area contributed by atoms with Crippen LogP contribution < -0.4 is 10.6 Å². The quantitative estimate of drug-likeness (QED) is 0.856. The molecule has 0 aromatic carbocycles. The van der Waals surface area contributed by atoms with E-state index in [1.165, 1.54) is 0 Å². The summed E-state index contributed by atoms with van der Waals surface area (Å²) in [6.07, 6.45) is 3.55. The molecule has 3 heterocycles. The molecule has 1 saturated heterocycles. The number of carbonyl (C=O) groups is 1. The normalized spacial score (nSPS) is 20.8. The van der Waals surface area contributed by atoms with Gasteiger partial charge in [0, 0.05) is 38.7 Å². The number of hydrogen-bond donors (Lipinski definition) is 2. The van der Waals surface area contributed by atoms with Gasteiger partial charge in [0.25, 0.3) is 0 Å². The van der Waals surface area contributed by atoms with E-state index in [0.29, 0.717) is 6.54 Å². The van der Waals surface area contributed by atoms with Crippen molar-refractivity contribution in [2.75, 3.05) is 25.5 Å². The summed E-state index contributed by atoms with van der Waals surface area (Å²) in [4.78, 5) is 24.0. The second-order valence-electron chi connectivity index (χ2n) is 7.72. The lowest BCUT2D eigenvalue weighted by Crippen LogP contribution is -2.42. The Kier molecular flexibility index (Phi) is 5.13. The number of nitrogens with zero attached hydrogens (tertiary/aromatic N) is 3. The van der Waals surface area contributed by atoms with Crippen molar-refractivity contribution in [1.82, 2.24) is 20.2 Å². The van der Waals surface area contributed by atoms with Gasteiger partial charge in [0.05, 0.1) is 11.7 Å². The molecule has 0 spiro atoms. The van der Waals surface area contributed by atoms with Crippen LogP contribution in [0.2, 0.25) is 0 Å². The lowest BCUT2D eigenvalue weighted by molar-refractivity contribution is 0.00841. The monoisotopic (exact) mass is 347 g/mol. The summed E-state index contributed by atoms with van der Waals surface area (Å²) in [6, 6.07) is -0.115. The first-order valence-electron chi connectivity index (χ1n) is 9.17. The van der Waals surface area contributed by atoms with Crippen molar-refractivity contribution >= 4 is 11.9 Å². The Bertz CT molecular complexity index is 624. The number of fused-ring (bicyclic) bond motifs is 1. The molecule has 1 aromatic heterocycles. The number of ether oxygens (including phenoxy) is 1. The number of rotatable bonds is 2. The number of piperidine rings is 1. The first kappa shape index (κ1) is 17.9. The molecule has 1 aromatic rings. The van der Waals surface area contributed by atoms with Crippen molar-refractivity contribution in [2.45, 2.75) is 64.6 Å². The van der Waals surface area contributed by atoms with E-state index in [2.05, 4.69) is 10.6 Å². The van der Waals surface area contributed by atoms with Crippen LogP contribution >= 0.6 is 0 Å². The lowest BCUT2D eigenvalue weighted by Gasteiger charge is -2.36. The van der Waals surface area contributed by atoms with Gasteiger partial charge in [-0.3, -0.25) is 4.90 Å². The minimum Gasteiger partial charge on any atom is -0.444 e. The zero-order valence-electron chi connectivity index (χ0n) is 15.7. The van der Waals surface area contributed by atoms with Crippen LogP contribution in [0.3, 0.4) is 0 Å². The molecule has 7 heteroatoms. The van der Waals surface area contributed by atoms with Crippen LogP contribution in [0, 0.1) is 0 Å². The summed E-state index contributed by atoms with van der Waals surface area (Å²) in [5, 5.41) is 6.55. The van der Waals surface area contributed by atoms with Crippen LogP contribution in [0.4, 0.5) is 10.6 Å². The second-order valence-corrected chi connectivity index (χ2v) is 7.72. The average molecular weight is 347 g/mol. The molecule has 0 aliphatic carbocycles. The fourth-order valence-electron chi connectivity index (χ4n) is 3.46. The predicted octanol–water partition coefficient (Wildman–Crippen LogP) is 2.63. The Hall–Kier alpha value is -1.89. The van der Waals surface area contributed by atoms with Crippen LogP contribution in [0.1, 0.15) is 63.2 Å². The molecule has 1 amide bonds. The van der Waals surface area contributed by atoms with E-state index in [0.717, 1.165) is 61.7 Å². The van der Waals surface area contributed by atoms with Crippen molar-refractivity contribution in [2.24, 2.45) is 0 Å². The summed E-state index contributed by atoms with van der Waals surface area (Å²) >= 11 is 0. The highest BCUT2D eigenvalue weighted by molar-refractivity contribution is 5.69. The van der Waals surface area contributed by atoms with Crippen molar-refractivity contribution < 1.29 is 9.53 Å². The molecule has 2 aliphatic rings. The molecule has 0 radical (unpaired) electrons. The molecule has 25 heavy (non-hydrogen) atoms. The zero-order chi connectivity index (χ0) is 18.0. The molecule has 2 N–H and O–H groups in total. The topological polar surface area (TPSA) is 79.4 Å². The van der Waals surface area contributed by atoms with Gasteiger partial charge in [-0.15, -0.1) is 0 Å². The number of nitrogens with one attached hydrogen (secondary N) is 2. The van der Waals surface area contributed by atoms with Crippen LogP contribution in [-0.4, -0.2) is 46.7 Å². The molecular weight excluding hydrogens is 318 g/mol. The zero-order valence-corrected chi connectivity index (χ0v) is 15.7. The van der Waals surface area contributed by atoms with Crippen LogP contribution in [0.5, 0.6) is 0 Å². The van der Waals surface area contributed by atoms with Gasteiger partial charge in [-0.05, 0) is 40.0 Å². The Morgan fingerprint density at radius 3 is 2.84 bits per heavy atom. The first-order valence-corrected chi connectivity index (χ1v) is 9.17. The van der Waals surface area contributed by atoms with Gasteiger partial charge >= 0.3 is 6.09 Å². The highest BCUT2D eigenvalue weighted by atomic mass is 16.6. The fraction of sp³-hybridized carbons (Fsp3) is 0.722. The number of aromatic nitrogens is 2. The van der Waals surface area contributed by atoms with E-state index in [1.807, 2.05) is 27.8 Å². The van der Waals surface area contributed by atoms with Crippen molar-refractivity contribution in [3.63, 3.8) is 0 Å². The van der Waals surface area contributed by atoms with E-state index in [-0.39, 0.29) is 12.1 Å². The molecule has 138 valence electrons. The van der Waals surface area contributed by atoms with E-state index in [9.17, 15) is 4.79 Å². The standard InChI is InChI=1S/C18H29N5O2/c1-18(2,3)25-17(24)23-10-6-5-7-14(23)16-21-13-8-9-20-11-12(13)15(19-4)22-16/h14,20H,5-11H2,1-4H3,(H,19,21,22). The van der Waals surface area contributed by atoms with E-state index in [4.69, 9.17) is 14.7 Å². The Morgan fingerprint density at radius 2 is 2.12 bits per heavy atom. The van der Waals surface area contributed by atoms with E-state index < -0.39 is 5.60 Å². The Morgan fingerprint density at radius 1 is 1.32 bits per heavy atom. The summed E-state index contributed by atoms with van der Waals surface area (Å²) < 4.78 is 5.60. The van der Waals surface area contributed by atoms with Crippen molar-refractivity contribution in [3.8, 4) is 0 Å². The Balaban J connectivity index is 1.91. The minimum atomic E-state index is -0.502. The third kappa shape index (κ3) is 4.03.